The van der Waals surface area contributed by atoms with Crippen LogP contribution in [0, 0.1) is 11.8 Å². The quantitative estimate of drug-likeness (QED) is 0.779. The number of benzene rings is 1. The summed E-state index contributed by atoms with van der Waals surface area (Å²) in [5.74, 6) is -0.950. The Morgan fingerprint density at radius 3 is 2.48 bits per heavy atom. The summed E-state index contributed by atoms with van der Waals surface area (Å²) in [6, 6.07) is 5.06. The molecule has 0 atom stereocenters. The van der Waals surface area contributed by atoms with Crippen LogP contribution in [0.2, 0.25) is 5.02 Å². The van der Waals surface area contributed by atoms with Gasteiger partial charge in [-0.3, -0.25) is 9.59 Å². The number of primary amides is 1. The number of nitrogens with one attached hydrogen (secondary N) is 1. The average Bonchev–Trinajstić information content (AvgIpc) is 2.45. The van der Waals surface area contributed by atoms with Crippen LogP contribution in [-0.4, -0.2) is 23.5 Å². The maximum absolute atomic E-state index is 11.1. The topological polar surface area (TPSA) is 92.4 Å². The molecule has 1 aromatic carbocycles. The van der Waals surface area contributed by atoms with Crippen molar-refractivity contribution in [2.24, 2.45) is 17.6 Å². The van der Waals surface area contributed by atoms with Gasteiger partial charge in [0.05, 0.1) is 16.5 Å². The zero-order valence-electron chi connectivity index (χ0n) is 11.6. The number of aliphatic carboxylic acids is 1. The number of carbonyl (C=O) groups excluding carboxylic acids is 1. The van der Waals surface area contributed by atoms with E-state index in [9.17, 15) is 9.59 Å². The van der Waals surface area contributed by atoms with E-state index in [0.29, 0.717) is 16.5 Å². The molecule has 1 aromatic rings. The Morgan fingerprint density at radius 1 is 1.29 bits per heavy atom. The standard InChI is InChI=1S/C15H19ClN2O3/c16-13-7-11(5-6-12(13)14(17)19)18-8-9-1-3-10(4-2-9)15(20)21/h5-7,9-10,18H,1-4,8H2,(H2,17,19)(H,20,21). The van der Waals surface area contributed by atoms with E-state index in [4.69, 9.17) is 22.4 Å². The molecule has 0 heterocycles. The molecule has 1 fully saturated rings. The van der Waals surface area contributed by atoms with E-state index in [2.05, 4.69) is 5.32 Å². The highest BCUT2D eigenvalue weighted by molar-refractivity contribution is 6.34. The van der Waals surface area contributed by atoms with Crippen molar-refractivity contribution < 1.29 is 14.7 Å². The summed E-state index contributed by atoms with van der Waals surface area (Å²) in [5.41, 5.74) is 6.35. The molecular weight excluding hydrogens is 292 g/mol. The van der Waals surface area contributed by atoms with Crippen LogP contribution in [0.3, 0.4) is 0 Å². The second kappa shape index (κ2) is 6.80. The Kier molecular flexibility index (Phi) is 5.07. The van der Waals surface area contributed by atoms with Crippen molar-refractivity contribution in [2.75, 3.05) is 11.9 Å². The molecule has 1 aliphatic rings. The third-order valence-electron chi connectivity index (χ3n) is 4.03. The van der Waals surface area contributed by atoms with Crippen LogP contribution in [0.1, 0.15) is 36.0 Å². The van der Waals surface area contributed by atoms with Gasteiger partial charge < -0.3 is 16.2 Å². The number of anilines is 1. The SMILES string of the molecule is NC(=O)c1ccc(NCC2CCC(C(=O)O)CC2)cc1Cl. The Hall–Kier alpha value is -1.75. The largest absolute Gasteiger partial charge is 0.481 e. The van der Waals surface area contributed by atoms with Crippen LogP contribution < -0.4 is 11.1 Å². The molecule has 0 unspecified atom stereocenters. The summed E-state index contributed by atoms with van der Waals surface area (Å²) in [6.45, 7) is 0.776. The number of hydrogen-bond donors (Lipinski definition) is 3. The predicted octanol–water partition coefficient (Wildman–Crippen LogP) is 2.74. The fourth-order valence-corrected chi connectivity index (χ4v) is 2.97. The molecule has 0 bridgehead atoms. The van der Waals surface area contributed by atoms with Crippen molar-refractivity contribution in [1.29, 1.82) is 0 Å². The molecule has 2 rings (SSSR count). The Balaban J connectivity index is 1.85. The Labute approximate surface area is 128 Å². The third-order valence-corrected chi connectivity index (χ3v) is 4.34. The number of carbonyl (C=O) groups is 2. The van der Waals surface area contributed by atoms with Crippen molar-refractivity contribution in [3.05, 3.63) is 28.8 Å². The molecule has 6 heteroatoms. The lowest BCUT2D eigenvalue weighted by Crippen LogP contribution is -2.25. The lowest BCUT2D eigenvalue weighted by molar-refractivity contribution is -0.143. The van der Waals surface area contributed by atoms with Gasteiger partial charge in [-0.2, -0.15) is 0 Å². The number of nitrogens with two attached hydrogens (primary N) is 1. The van der Waals surface area contributed by atoms with Crippen molar-refractivity contribution in [3.8, 4) is 0 Å². The normalized spacial score (nSPS) is 21.8. The van der Waals surface area contributed by atoms with Gasteiger partial charge in [0, 0.05) is 12.2 Å². The monoisotopic (exact) mass is 310 g/mol. The number of hydrogen-bond acceptors (Lipinski definition) is 3. The van der Waals surface area contributed by atoms with Gasteiger partial charge in [-0.25, -0.2) is 0 Å². The number of carboxylic acids is 1. The molecule has 4 N–H and O–H groups in total. The first-order valence-electron chi connectivity index (χ1n) is 7.03. The molecule has 0 aromatic heterocycles. The van der Waals surface area contributed by atoms with Gasteiger partial charge in [0.2, 0.25) is 5.91 Å². The minimum absolute atomic E-state index is 0.189. The summed E-state index contributed by atoms with van der Waals surface area (Å²) in [6.07, 6.45) is 3.31. The average molecular weight is 311 g/mol. The molecule has 1 saturated carbocycles. The van der Waals surface area contributed by atoms with Gasteiger partial charge in [-0.05, 0) is 49.8 Å². The Bertz CT molecular complexity index is 540. The van der Waals surface area contributed by atoms with Crippen molar-refractivity contribution in [1.82, 2.24) is 0 Å². The summed E-state index contributed by atoms with van der Waals surface area (Å²) >= 11 is 5.99. The molecule has 0 spiro atoms. The van der Waals surface area contributed by atoms with Gasteiger partial charge in [0.1, 0.15) is 0 Å². The zero-order valence-corrected chi connectivity index (χ0v) is 12.4. The Morgan fingerprint density at radius 2 is 1.95 bits per heavy atom. The maximum atomic E-state index is 11.1. The van der Waals surface area contributed by atoms with E-state index in [1.165, 1.54) is 0 Å². The highest BCUT2D eigenvalue weighted by Crippen LogP contribution is 2.29. The van der Waals surface area contributed by atoms with E-state index in [1.807, 2.05) is 0 Å². The first-order chi connectivity index (χ1) is 9.97. The smallest absolute Gasteiger partial charge is 0.306 e. The first-order valence-corrected chi connectivity index (χ1v) is 7.41. The van der Waals surface area contributed by atoms with E-state index < -0.39 is 11.9 Å². The second-order valence-electron chi connectivity index (χ2n) is 5.50. The number of amides is 1. The highest BCUT2D eigenvalue weighted by Gasteiger charge is 2.25. The second-order valence-corrected chi connectivity index (χ2v) is 5.90. The first kappa shape index (κ1) is 15.6. The summed E-state index contributed by atoms with van der Waals surface area (Å²) in [4.78, 5) is 22.0. The number of carboxylic acid groups (broad SMARTS) is 1. The van der Waals surface area contributed by atoms with Gasteiger partial charge in [-0.1, -0.05) is 11.6 Å². The minimum atomic E-state index is -0.685. The molecular formula is C15H19ClN2O3. The molecule has 0 saturated heterocycles. The van der Waals surface area contributed by atoms with Gasteiger partial charge >= 0.3 is 5.97 Å². The van der Waals surface area contributed by atoms with E-state index in [0.717, 1.165) is 37.9 Å². The minimum Gasteiger partial charge on any atom is -0.481 e. The van der Waals surface area contributed by atoms with Crippen molar-refractivity contribution in [2.45, 2.75) is 25.7 Å². The molecule has 114 valence electrons. The van der Waals surface area contributed by atoms with Crippen LogP contribution in [0.4, 0.5) is 5.69 Å². The van der Waals surface area contributed by atoms with Crippen molar-refractivity contribution >= 4 is 29.2 Å². The van der Waals surface area contributed by atoms with Gasteiger partial charge in [0.15, 0.2) is 0 Å². The van der Waals surface area contributed by atoms with Gasteiger partial charge in [0.25, 0.3) is 0 Å². The third kappa shape index (κ3) is 4.11. The molecule has 1 aliphatic carbocycles. The molecule has 0 radical (unpaired) electrons. The van der Waals surface area contributed by atoms with Gasteiger partial charge in [-0.15, -0.1) is 0 Å². The number of rotatable bonds is 5. The van der Waals surface area contributed by atoms with E-state index in [-0.39, 0.29) is 5.92 Å². The van der Waals surface area contributed by atoms with Crippen LogP contribution in [0.15, 0.2) is 18.2 Å². The van der Waals surface area contributed by atoms with Crippen LogP contribution >= 0.6 is 11.6 Å². The zero-order chi connectivity index (χ0) is 15.4. The maximum Gasteiger partial charge on any atom is 0.306 e. The van der Waals surface area contributed by atoms with E-state index in [1.54, 1.807) is 18.2 Å². The summed E-state index contributed by atoms with van der Waals surface area (Å²) in [7, 11) is 0. The predicted molar refractivity (Wildman–Crippen MR) is 81.5 cm³/mol. The molecule has 5 nitrogen and oxygen atoms in total. The van der Waals surface area contributed by atoms with E-state index >= 15 is 0 Å². The lowest BCUT2D eigenvalue weighted by atomic mass is 9.82. The molecule has 0 aliphatic heterocycles. The highest BCUT2D eigenvalue weighted by atomic mass is 35.5. The fraction of sp³-hybridized carbons (Fsp3) is 0.467. The lowest BCUT2D eigenvalue weighted by Gasteiger charge is -2.26. The molecule has 1 amide bonds. The fourth-order valence-electron chi connectivity index (χ4n) is 2.70. The number of halogens is 1. The van der Waals surface area contributed by atoms with Crippen LogP contribution in [0.25, 0.3) is 0 Å². The summed E-state index contributed by atoms with van der Waals surface area (Å²) in [5, 5.41) is 12.6. The van der Waals surface area contributed by atoms with Crippen LogP contribution in [0.5, 0.6) is 0 Å². The van der Waals surface area contributed by atoms with Crippen LogP contribution in [-0.2, 0) is 4.79 Å². The molecule has 21 heavy (non-hydrogen) atoms. The van der Waals surface area contributed by atoms with Crippen molar-refractivity contribution in [3.63, 3.8) is 0 Å². The summed E-state index contributed by atoms with van der Waals surface area (Å²) < 4.78 is 0.